The van der Waals surface area contributed by atoms with Crippen molar-refractivity contribution in [2.75, 3.05) is 44.7 Å². The molecule has 0 aromatic carbocycles. The molecule has 1 atom stereocenters. The van der Waals surface area contributed by atoms with Crippen LogP contribution in [0.2, 0.25) is 0 Å². The van der Waals surface area contributed by atoms with E-state index in [1.165, 1.54) is 11.3 Å². The largest absolute Gasteiger partial charge is 0.495 e. The average Bonchev–Trinajstić information content (AvgIpc) is 3.36. The van der Waals surface area contributed by atoms with Crippen LogP contribution in [0.3, 0.4) is 0 Å². The van der Waals surface area contributed by atoms with Gasteiger partial charge < -0.3 is 14.5 Å². The van der Waals surface area contributed by atoms with Gasteiger partial charge in [0.25, 0.3) is 5.91 Å². The maximum atomic E-state index is 13.1. The summed E-state index contributed by atoms with van der Waals surface area (Å²) in [6.45, 7) is 3.39. The maximum Gasteiger partial charge on any atom is 0.267 e. The number of rotatable bonds is 4. The second kappa shape index (κ2) is 7.92. The van der Waals surface area contributed by atoms with Crippen LogP contribution in [0, 0.1) is 0 Å². The molecule has 1 unspecified atom stereocenters. The van der Waals surface area contributed by atoms with Crippen molar-refractivity contribution < 1.29 is 14.3 Å². The van der Waals surface area contributed by atoms with Crippen LogP contribution >= 0.6 is 11.3 Å². The molecule has 9 heteroatoms. The van der Waals surface area contributed by atoms with Crippen molar-refractivity contribution >= 4 is 28.8 Å². The Morgan fingerprint density at radius 3 is 2.71 bits per heavy atom. The molecule has 2 fully saturated rings. The minimum Gasteiger partial charge on any atom is -0.495 e. The third kappa shape index (κ3) is 3.51. The summed E-state index contributed by atoms with van der Waals surface area (Å²) in [7, 11) is 3.44. The Balaban J connectivity index is 1.39. The van der Waals surface area contributed by atoms with Gasteiger partial charge in [-0.25, -0.2) is 0 Å². The summed E-state index contributed by atoms with van der Waals surface area (Å²) in [6, 6.07) is 1.70. The molecule has 0 spiro atoms. The Kier molecular flexibility index (Phi) is 5.36. The SMILES string of the molecule is COc1ccsc1C(=O)N1CCN(C2CCCN(c3cnn(C)c3)C2=O)CC1. The fourth-order valence-corrected chi connectivity index (χ4v) is 4.82. The van der Waals surface area contributed by atoms with Crippen LogP contribution < -0.4 is 9.64 Å². The van der Waals surface area contributed by atoms with Gasteiger partial charge >= 0.3 is 0 Å². The number of carbonyl (C=O) groups is 2. The first-order valence-corrected chi connectivity index (χ1v) is 10.4. The Morgan fingerprint density at radius 2 is 2.04 bits per heavy atom. The minimum atomic E-state index is -0.123. The van der Waals surface area contributed by atoms with E-state index in [4.69, 9.17) is 4.74 Å². The summed E-state index contributed by atoms with van der Waals surface area (Å²) in [5.74, 6) is 0.782. The lowest BCUT2D eigenvalue weighted by molar-refractivity contribution is -0.126. The molecule has 0 saturated carbocycles. The van der Waals surface area contributed by atoms with Gasteiger partial charge in [-0.2, -0.15) is 5.10 Å². The van der Waals surface area contributed by atoms with Gasteiger partial charge in [-0.3, -0.25) is 19.2 Å². The summed E-state index contributed by atoms with van der Waals surface area (Å²) >= 11 is 1.41. The molecule has 150 valence electrons. The quantitative estimate of drug-likeness (QED) is 0.773. The summed E-state index contributed by atoms with van der Waals surface area (Å²) in [4.78, 5) is 32.4. The van der Waals surface area contributed by atoms with Crippen LogP contribution in [0.4, 0.5) is 5.69 Å². The third-order valence-corrected chi connectivity index (χ3v) is 6.38. The molecule has 0 bridgehead atoms. The summed E-state index contributed by atoms with van der Waals surface area (Å²) in [6.07, 6.45) is 5.45. The van der Waals surface area contributed by atoms with Gasteiger partial charge in [0.05, 0.1) is 25.0 Å². The van der Waals surface area contributed by atoms with Crippen molar-refractivity contribution in [1.29, 1.82) is 0 Å². The van der Waals surface area contributed by atoms with Gasteiger partial charge in [0.15, 0.2) is 0 Å². The number of methoxy groups -OCH3 is 1. The van der Waals surface area contributed by atoms with E-state index in [0.29, 0.717) is 36.8 Å². The van der Waals surface area contributed by atoms with Crippen LogP contribution in [0.25, 0.3) is 0 Å². The van der Waals surface area contributed by atoms with Crippen molar-refractivity contribution in [1.82, 2.24) is 19.6 Å². The number of piperazine rings is 1. The molecule has 2 aromatic heterocycles. The molecule has 4 heterocycles. The van der Waals surface area contributed by atoms with Crippen LogP contribution in [0.15, 0.2) is 23.8 Å². The van der Waals surface area contributed by atoms with Crippen LogP contribution in [0.1, 0.15) is 22.5 Å². The molecule has 0 radical (unpaired) electrons. The van der Waals surface area contributed by atoms with Crippen molar-refractivity contribution in [3.8, 4) is 5.75 Å². The van der Waals surface area contributed by atoms with E-state index < -0.39 is 0 Å². The van der Waals surface area contributed by atoms with E-state index in [9.17, 15) is 9.59 Å². The second-order valence-corrected chi connectivity index (χ2v) is 8.08. The highest BCUT2D eigenvalue weighted by atomic mass is 32.1. The second-order valence-electron chi connectivity index (χ2n) is 7.17. The Labute approximate surface area is 168 Å². The predicted molar refractivity (Wildman–Crippen MR) is 107 cm³/mol. The Morgan fingerprint density at radius 1 is 1.25 bits per heavy atom. The smallest absolute Gasteiger partial charge is 0.267 e. The standard InChI is InChI=1S/C19H25N5O3S/c1-21-13-14(12-20-21)24-6-3-4-15(18(24)25)22-7-9-23(10-8-22)19(26)17-16(27-2)5-11-28-17/h5,11-13,15H,3-4,6-10H2,1-2H3. The van der Waals surface area contributed by atoms with Crippen LogP contribution in [0.5, 0.6) is 5.75 Å². The molecule has 28 heavy (non-hydrogen) atoms. The molecule has 4 rings (SSSR count). The van der Waals surface area contributed by atoms with Crippen LogP contribution in [-0.2, 0) is 11.8 Å². The van der Waals surface area contributed by atoms with Gasteiger partial charge in [0.2, 0.25) is 5.91 Å². The number of hydrogen-bond donors (Lipinski definition) is 0. The topological polar surface area (TPSA) is 70.9 Å². The average molecular weight is 404 g/mol. The first-order chi connectivity index (χ1) is 13.6. The normalized spacial score (nSPS) is 21.2. The highest BCUT2D eigenvalue weighted by molar-refractivity contribution is 7.12. The molecule has 2 aliphatic heterocycles. The lowest BCUT2D eigenvalue weighted by Gasteiger charge is -2.42. The molecule has 2 saturated heterocycles. The van der Waals surface area contributed by atoms with Crippen molar-refractivity contribution in [3.05, 3.63) is 28.7 Å². The zero-order chi connectivity index (χ0) is 19.7. The highest BCUT2D eigenvalue weighted by Gasteiger charge is 2.36. The fraction of sp³-hybridized carbons (Fsp3) is 0.526. The number of aryl methyl sites for hydroxylation is 1. The summed E-state index contributed by atoms with van der Waals surface area (Å²) in [5.41, 5.74) is 0.857. The van der Waals surface area contributed by atoms with Gasteiger partial charge in [0.1, 0.15) is 10.6 Å². The molecule has 2 aromatic rings. The Bertz CT molecular complexity index is 855. The summed E-state index contributed by atoms with van der Waals surface area (Å²) < 4.78 is 7.00. The number of carbonyl (C=O) groups excluding carboxylic acids is 2. The van der Waals surface area contributed by atoms with Gasteiger partial charge in [0, 0.05) is 46.0 Å². The zero-order valence-electron chi connectivity index (χ0n) is 16.2. The number of ether oxygens (including phenoxy) is 1. The van der Waals surface area contributed by atoms with Crippen LogP contribution in [-0.4, -0.2) is 77.3 Å². The van der Waals surface area contributed by atoms with E-state index in [0.717, 1.165) is 25.1 Å². The van der Waals surface area contributed by atoms with E-state index >= 15 is 0 Å². The molecule has 8 nitrogen and oxygen atoms in total. The summed E-state index contributed by atoms with van der Waals surface area (Å²) in [5, 5.41) is 6.06. The predicted octanol–water partition coefficient (Wildman–Crippen LogP) is 1.44. The van der Waals surface area contributed by atoms with E-state index in [1.807, 2.05) is 34.5 Å². The maximum absolute atomic E-state index is 13.1. The van der Waals surface area contributed by atoms with Crippen molar-refractivity contribution in [2.45, 2.75) is 18.9 Å². The molecular weight excluding hydrogens is 378 g/mol. The number of piperidine rings is 1. The highest BCUT2D eigenvalue weighted by Crippen LogP contribution is 2.28. The van der Waals surface area contributed by atoms with Gasteiger partial charge in [-0.05, 0) is 24.3 Å². The third-order valence-electron chi connectivity index (χ3n) is 5.50. The van der Waals surface area contributed by atoms with Crippen molar-refractivity contribution in [2.24, 2.45) is 7.05 Å². The van der Waals surface area contributed by atoms with Gasteiger partial charge in [-0.15, -0.1) is 11.3 Å². The first-order valence-electron chi connectivity index (χ1n) is 9.53. The number of nitrogens with zero attached hydrogens (tertiary/aromatic N) is 5. The molecule has 0 aliphatic carbocycles. The number of aromatic nitrogens is 2. The van der Waals surface area contributed by atoms with E-state index in [-0.39, 0.29) is 17.9 Å². The lowest BCUT2D eigenvalue weighted by atomic mass is 10.0. The molecule has 0 N–H and O–H groups in total. The lowest BCUT2D eigenvalue weighted by Crippen LogP contribution is -2.58. The van der Waals surface area contributed by atoms with Crippen molar-refractivity contribution in [3.63, 3.8) is 0 Å². The number of anilines is 1. The van der Waals surface area contributed by atoms with E-state index in [1.54, 1.807) is 18.0 Å². The monoisotopic (exact) mass is 403 g/mol. The molecular formula is C19H25N5O3S. The van der Waals surface area contributed by atoms with Gasteiger partial charge in [-0.1, -0.05) is 0 Å². The molecule has 2 aliphatic rings. The number of amides is 2. The zero-order valence-corrected chi connectivity index (χ0v) is 17.0. The first kappa shape index (κ1) is 18.9. The Hall–Kier alpha value is -2.39. The number of hydrogen-bond acceptors (Lipinski definition) is 6. The number of thiophene rings is 1. The fourth-order valence-electron chi connectivity index (χ4n) is 3.99. The van der Waals surface area contributed by atoms with E-state index in [2.05, 4.69) is 10.00 Å². The minimum absolute atomic E-state index is 0.0125. The molecule has 2 amide bonds.